The van der Waals surface area contributed by atoms with Gasteiger partial charge in [0.05, 0.1) is 13.0 Å². The van der Waals surface area contributed by atoms with Crippen LogP contribution in [-0.2, 0) is 9.53 Å². The van der Waals surface area contributed by atoms with Gasteiger partial charge in [-0.05, 0) is 25.5 Å². The van der Waals surface area contributed by atoms with Crippen molar-refractivity contribution in [3.8, 4) is 0 Å². The molecule has 1 rings (SSSR count). The van der Waals surface area contributed by atoms with E-state index in [-0.39, 0.29) is 18.4 Å². The number of nitrogens with two attached hydrogens (primary N) is 1. The average molecular weight is 196 g/mol. The highest BCUT2D eigenvalue weighted by Crippen LogP contribution is 2.21. The third kappa shape index (κ3) is 1.96. The SMILES string of the molecule is COC(=O)C(CN)c1cc(C)[nH]c1C. The van der Waals surface area contributed by atoms with Crippen LogP contribution in [0.5, 0.6) is 0 Å². The van der Waals surface area contributed by atoms with Crippen molar-refractivity contribution in [3.05, 3.63) is 23.0 Å². The third-order valence-electron chi connectivity index (χ3n) is 2.29. The number of aryl methyl sites for hydroxylation is 2. The van der Waals surface area contributed by atoms with Gasteiger partial charge in [0.1, 0.15) is 0 Å². The first kappa shape index (κ1) is 10.8. The first-order valence-corrected chi connectivity index (χ1v) is 4.54. The molecule has 4 nitrogen and oxygen atoms in total. The van der Waals surface area contributed by atoms with Crippen molar-refractivity contribution in [2.75, 3.05) is 13.7 Å². The lowest BCUT2D eigenvalue weighted by atomic mass is 10.00. The van der Waals surface area contributed by atoms with E-state index in [1.165, 1.54) is 7.11 Å². The predicted molar refractivity (Wildman–Crippen MR) is 54.1 cm³/mol. The lowest BCUT2D eigenvalue weighted by molar-refractivity contribution is -0.142. The summed E-state index contributed by atoms with van der Waals surface area (Å²) >= 11 is 0. The highest BCUT2D eigenvalue weighted by atomic mass is 16.5. The van der Waals surface area contributed by atoms with E-state index in [0.29, 0.717) is 0 Å². The number of methoxy groups -OCH3 is 1. The number of hydrogen-bond acceptors (Lipinski definition) is 3. The van der Waals surface area contributed by atoms with Crippen molar-refractivity contribution in [1.29, 1.82) is 0 Å². The van der Waals surface area contributed by atoms with Gasteiger partial charge in [0.15, 0.2) is 0 Å². The number of ether oxygens (including phenoxy) is 1. The second-order valence-electron chi connectivity index (χ2n) is 3.34. The number of hydrogen-bond donors (Lipinski definition) is 2. The first-order valence-electron chi connectivity index (χ1n) is 4.54. The smallest absolute Gasteiger partial charge is 0.314 e. The largest absolute Gasteiger partial charge is 0.469 e. The zero-order valence-corrected chi connectivity index (χ0v) is 8.76. The molecule has 4 heteroatoms. The Kier molecular flexibility index (Phi) is 3.30. The number of esters is 1. The van der Waals surface area contributed by atoms with Gasteiger partial charge in [-0.2, -0.15) is 0 Å². The van der Waals surface area contributed by atoms with Gasteiger partial charge in [-0.3, -0.25) is 4.79 Å². The first-order chi connectivity index (χ1) is 6.60. The predicted octanol–water partition coefficient (Wildman–Crippen LogP) is 0.847. The summed E-state index contributed by atoms with van der Waals surface area (Å²) < 4.78 is 4.69. The normalized spacial score (nSPS) is 12.6. The summed E-state index contributed by atoms with van der Waals surface area (Å²) in [5, 5.41) is 0. The van der Waals surface area contributed by atoms with E-state index in [2.05, 4.69) is 9.72 Å². The molecule has 3 N–H and O–H groups in total. The topological polar surface area (TPSA) is 68.1 Å². The van der Waals surface area contributed by atoms with E-state index >= 15 is 0 Å². The van der Waals surface area contributed by atoms with Gasteiger partial charge in [0.2, 0.25) is 0 Å². The van der Waals surface area contributed by atoms with Crippen LogP contribution >= 0.6 is 0 Å². The van der Waals surface area contributed by atoms with Gasteiger partial charge in [-0.25, -0.2) is 0 Å². The highest BCUT2D eigenvalue weighted by molar-refractivity contribution is 5.78. The molecule has 0 aromatic carbocycles. The zero-order chi connectivity index (χ0) is 10.7. The average Bonchev–Trinajstić information content (AvgIpc) is 2.47. The fourth-order valence-electron chi connectivity index (χ4n) is 1.60. The maximum absolute atomic E-state index is 11.4. The maximum atomic E-state index is 11.4. The molecule has 78 valence electrons. The summed E-state index contributed by atoms with van der Waals surface area (Å²) in [6, 6.07) is 1.93. The van der Waals surface area contributed by atoms with Crippen LogP contribution in [0.15, 0.2) is 6.07 Å². The molecular weight excluding hydrogens is 180 g/mol. The highest BCUT2D eigenvalue weighted by Gasteiger charge is 2.22. The minimum absolute atomic E-state index is 0.269. The summed E-state index contributed by atoms with van der Waals surface area (Å²) in [6.07, 6.45) is 0. The van der Waals surface area contributed by atoms with E-state index in [1.54, 1.807) is 0 Å². The molecule has 0 bridgehead atoms. The Morgan fingerprint density at radius 1 is 1.64 bits per heavy atom. The quantitative estimate of drug-likeness (QED) is 0.704. The van der Waals surface area contributed by atoms with Crippen LogP contribution < -0.4 is 5.73 Å². The summed E-state index contributed by atoms with van der Waals surface area (Å²) in [7, 11) is 1.37. The molecule has 0 amide bonds. The molecule has 14 heavy (non-hydrogen) atoms. The summed E-state index contributed by atoms with van der Waals surface area (Å²) in [4.78, 5) is 14.5. The zero-order valence-electron chi connectivity index (χ0n) is 8.76. The number of rotatable bonds is 3. The molecule has 0 saturated carbocycles. The van der Waals surface area contributed by atoms with Crippen LogP contribution in [0.1, 0.15) is 22.9 Å². The standard InChI is InChI=1S/C10H16N2O2/c1-6-4-8(7(2)12-6)9(5-11)10(13)14-3/h4,9,12H,5,11H2,1-3H3. The van der Waals surface area contributed by atoms with Crippen molar-refractivity contribution in [2.24, 2.45) is 5.73 Å². The second kappa shape index (κ2) is 4.28. The van der Waals surface area contributed by atoms with Crippen LogP contribution in [0.2, 0.25) is 0 Å². The molecule has 0 aliphatic heterocycles. The second-order valence-corrected chi connectivity index (χ2v) is 3.34. The summed E-state index contributed by atoms with van der Waals surface area (Å²) in [6.45, 7) is 4.14. The number of H-pyrrole nitrogens is 1. The number of aromatic nitrogens is 1. The fraction of sp³-hybridized carbons (Fsp3) is 0.500. The summed E-state index contributed by atoms with van der Waals surface area (Å²) in [5.41, 5.74) is 8.48. The number of aromatic amines is 1. The van der Waals surface area contributed by atoms with Crippen LogP contribution in [0, 0.1) is 13.8 Å². The lowest BCUT2D eigenvalue weighted by Gasteiger charge is -2.11. The fourth-order valence-corrected chi connectivity index (χ4v) is 1.60. The van der Waals surface area contributed by atoms with Crippen molar-refractivity contribution < 1.29 is 9.53 Å². The van der Waals surface area contributed by atoms with Crippen LogP contribution in [0.3, 0.4) is 0 Å². The Morgan fingerprint density at radius 3 is 2.64 bits per heavy atom. The molecule has 0 fully saturated rings. The molecule has 0 saturated heterocycles. The van der Waals surface area contributed by atoms with Crippen molar-refractivity contribution in [3.63, 3.8) is 0 Å². The molecule has 1 unspecified atom stereocenters. The van der Waals surface area contributed by atoms with Crippen LogP contribution in [0.4, 0.5) is 0 Å². The van der Waals surface area contributed by atoms with Gasteiger partial charge in [-0.1, -0.05) is 0 Å². The van der Waals surface area contributed by atoms with Gasteiger partial charge < -0.3 is 15.5 Å². The Morgan fingerprint density at radius 2 is 2.29 bits per heavy atom. The number of carbonyl (C=O) groups excluding carboxylic acids is 1. The minimum atomic E-state index is -0.357. The Bertz CT molecular complexity index is 331. The van der Waals surface area contributed by atoms with Gasteiger partial charge in [0, 0.05) is 17.9 Å². The molecule has 1 aromatic rings. The Labute approximate surface area is 83.4 Å². The van der Waals surface area contributed by atoms with Gasteiger partial charge in [-0.15, -0.1) is 0 Å². The van der Waals surface area contributed by atoms with E-state index in [9.17, 15) is 4.79 Å². The number of carbonyl (C=O) groups is 1. The Hall–Kier alpha value is -1.29. The van der Waals surface area contributed by atoms with Crippen LogP contribution in [-0.4, -0.2) is 24.6 Å². The maximum Gasteiger partial charge on any atom is 0.314 e. The van der Waals surface area contributed by atoms with Crippen molar-refractivity contribution >= 4 is 5.97 Å². The van der Waals surface area contributed by atoms with Crippen LogP contribution in [0.25, 0.3) is 0 Å². The molecule has 1 aromatic heterocycles. The molecular formula is C10H16N2O2. The van der Waals surface area contributed by atoms with E-state index in [1.807, 2.05) is 19.9 Å². The van der Waals surface area contributed by atoms with E-state index < -0.39 is 0 Å². The number of nitrogens with one attached hydrogen (secondary N) is 1. The molecule has 0 spiro atoms. The van der Waals surface area contributed by atoms with Crippen molar-refractivity contribution in [1.82, 2.24) is 4.98 Å². The van der Waals surface area contributed by atoms with Crippen molar-refractivity contribution in [2.45, 2.75) is 19.8 Å². The summed E-state index contributed by atoms with van der Waals surface area (Å²) in [5.74, 6) is -0.639. The lowest BCUT2D eigenvalue weighted by Crippen LogP contribution is -2.23. The molecule has 1 heterocycles. The molecule has 0 aliphatic rings. The van der Waals surface area contributed by atoms with Gasteiger partial charge in [0.25, 0.3) is 0 Å². The molecule has 1 atom stereocenters. The van der Waals surface area contributed by atoms with Gasteiger partial charge >= 0.3 is 5.97 Å². The third-order valence-corrected chi connectivity index (χ3v) is 2.29. The molecule has 0 aliphatic carbocycles. The molecule has 0 radical (unpaired) electrons. The monoisotopic (exact) mass is 196 g/mol. The Balaban J connectivity index is 3.00. The van der Waals surface area contributed by atoms with E-state index in [0.717, 1.165) is 17.0 Å². The minimum Gasteiger partial charge on any atom is -0.469 e. The van der Waals surface area contributed by atoms with E-state index in [4.69, 9.17) is 5.73 Å².